The van der Waals surface area contributed by atoms with Crippen molar-refractivity contribution in [2.45, 2.75) is 38.1 Å². The average Bonchev–Trinajstić information content (AvgIpc) is 3.54. The number of likely N-dealkylation sites (tertiary alicyclic amines) is 1. The van der Waals surface area contributed by atoms with Gasteiger partial charge in [-0.15, -0.1) is 0 Å². The SMILES string of the molecule is O=C(NCc1cccc(C(=O)N2CCCCC2)c1)C1CC1c1ccc(F)cc1. The second-order valence-corrected chi connectivity index (χ2v) is 7.77. The predicted octanol–water partition coefficient (Wildman–Crippen LogP) is 3.87. The topological polar surface area (TPSA) is 49.4 Å². The van der Waals surface area contributed by atoms with E-state index in [9.17, 15) is 14.0 Å². The Morgan fingerprint density at radius 3 is 2.54 bits per heavy atom. The molecule has 2 aromatic rings. The molecule has 2 fully saturated rings. The first-order chi connectivity index (χ1) is 13.6. The summed E-state index contributed by atoms with van der Waals surface area (Å²) >= 11 is 0. The molecule has 4 nitrogen and oxygen atoms in total. The molecule has 4 rings (SSSR count). The molecule has 2 aliphatic rings. The molecular weight excluding hydrogens is 355 g/mol. The van der Waals surface area contributed by atoms with Gasteiger partial charge in [0.05, 0.1) is 0 Å². The summed E-state index contributed by atoms with van der Waals surface area (Å²) in [5, 5.41) is 2.98. The third-order valence-corrected chi connectivity index (χ3v) is 5.71. The van der Waals surface area contributed by atoms with Crippen molar-refractivity contribution < 1.29 is 14.0 Å². The van der Waals surface area contributed by atoms with Gasteiger partial charge in [-0.1, -0.05) is 24.3 Å². The van der Waals surface area contributed by atoms with Gasteiger partial charge >= 0.3 is 0 Å². The number of carbonyl (C=O) groups excluding carboxylic acids is 2. The summed E-state index contributed by atoms with van der Waals surface area (Å²) in [6.45, 7) is 2.06. The van der Waals surface area contributed by atoms with Gasteiger partial charge in [-0.2, -0.15) is 0 Å². The van der Waals surface area contributed by atoms with Crippen LogP contribution in [-0.4, -0.2) is 29.8 Å². The van der Waals surface area contributed by atoms with E-state index in [0.29, 0.717) is 12.1 Å². The smallest absolute Gasteiger partial charge is 0.253 e. The molecule has 146 valence electrons. The van der Waals surface area contributed by atoms with Crippen molar-refractivity contribution in [1.82, 2.24) is 10.2 Å². The summed E-state index contributed by atoms with van der Waals surface area (Å²) in [5.41, 5.74) is 2.62. The van der Waals surface area contributed by atoms with Crippen molar-refractivity contribution in [2.24, 2.45) is 5.92 Å². The van der Waals surface area contributed by atoms with Crippen LogP contribution >= 0.6 is 0 Å². The van der Waals surface area contributed by atoms with E-state index in [4.69, 9.17) is 0 Å². The molecule has 2 amide bonds. The van der Waals surface area contributed by atoms with Crippen LogP contribution in [0, 0.1) is 11.7 Å². The summed E-state index contributed by atoms with van der Waals surface area (Å²) in [6, 6.07) is 13.9. The number of hydrogen-bond donors (Lipinski definition) is 1. The van der Waals surface area contributed by atoms with Gasteiger partial charge in [0.15, 0.2) is 0 Å². The van der Waals surface area contributed by atoms with E-state index in [0.717, 1.165) is 43.5 Å². The molecule has 1 heterocycles. The van der Waals surface area contributed by atoms with Crippen LogP contribution in [0.15, 0.2) is 48.5 Å². The normalized spacial score (nSPS) is 21.2. The number of halogens is 1. The first-order valence-electron chi connectivity index (χ1n) is 10.0. The Morgan fingerprint density at radius 1 is 1.04 bits per heavy atom. The monoisotopic (exact) mass is 380 g/mol. The number of piperidine rings is 1. The van der Waals surface area contributed by atoms with E-state index in [1.807, 2.05) is 29.2 Å². The number of amides is 2. The molecular formula is C23H25FN2O2. The third kappa shape index (κ3) is 4.24. The fraction of sp³-hybridized carbons (Fsp3) is 0.391. The Morgan fingerprint density at radius 2 is 1.79 bits per heavy atom. The van der Waals surface area contributed by atoms with Crippen LogP contribution in [-0.2, 0) is 11.3 Å². The highest BCUT2D eigenvalue weighted by Crippen LogP contribution is 2.47. The van der Waals surface area contributed by atoms with Crippen molar-refractivity contribution in [1.29, 1.82) is 0 Å². The second kappa shape index (κ2) is 8.13. The Labute approximate surface area is 164 Å². The molecule has 0 radical (unpaired) electrons. The lowest BCUT2D eigenvalue weighted by atomic mass is 10.1. The molecule has 0 aromatic heterocycles. The third-order valence-electron chi connectivity index (χ3n) is 5.71. The molecule has 2 aromatic carbocycles. The zero-order chi connectivity index (χ0) is 19.5. The number of benzene rings is 2. The Kier molecular flexibility index (Phi) is 5.42. The molecule has 1 saturated carbocycles. The van der Waals surface area contributed by atoms with Crippen LogP contribution in [0.5, 0.6) is 0 Å². The fourth-order valence-corrected chi connectivity index (χ4v) is 3.98. The summed E-state index contributed by atoms with van der Waals surface area (Å²) in [4.78, 5) is 27.0. The summed E-state index contributed by atoms with van der Waals surface area (Å²) < 4.78 is 13.0. The molecule has 5 heteroatoms. The maximum Gasteiger partial charge on any atom is 0.253 e. The van der Waals surface area contributed by atoms with Gasteiger partial charge in [0.25, 0.3) is 5.91 Å². The largest absolute Gasteiger partial charge is 0.352 e. The maximum atomic E-state index is 13.0. The molecule has 28 heavy (non-hydrogen) atoms. The molecule has 1 saturated heterocycles. The Bertz CT molecular complexity index is 859. The van der Waals surface area contributed by atoms with Gasteiger partial charge < -0.3 is 10.2 Å². The van der Waals surface area contributed by atoms with Crippen molar-refractivity contribution >= 4 is 11.8 Å². The molecule has 2 unspecified atom stereocenters. The lowest BCUT2D eigenvalue weighted by Gasteiger charge is -2.26. The van der Waals surface area contributed by atoms with Gasteiger partial charge in [0, 0.05) is 31.1 Å². The van der Waals surface area contributed by atoms with E-state index in [-0.39, 0.29) is 29.5 Å². The van der Waals surface area contributed by atoms with Crippen molar-refractivity contribution in [3.8, 4) is 0 Å². The second-order valence-electron chi connectivity index (χ2n) is 7.77. The first kappa shape index (κ1) is 18.7. The number of rotatable bonds is 5. The number of nitrogens with zero attached hydrogens (tertiary/aromatic N) is 1. The molecule has 0 bridgehead atoms. The van der Waals surface area contributed by atoms with E-state index in [1.165, 1.54) is 18.6 Å². The number of hydrogen-bond acceptors (Lipinski definition) is 2. The van der Waals surface area contributed by atoms with Crippen molar-refractivity contribution in [3.63, 3.8) is 0 Å². The number of carbonyl (C=O) groups is 2. The highest BCUT2D eigenvalue weighted by molar-refractivity contribution is 5.94. The Hall–Kier alpha value is -2.69. The zero-order valence-electron chi connectivity index (χ0n) is 15.9. The molecule has 1 aliphatic carbocycles. The lowest BCUT2D eigenvalue weighted by molar-refractivity contribution is -0.122. The minimum atomic E-state index is -0.260. The molecule has 1 N–H and O–H groups in total. The standard InChI is InChI=1S/C23H25FN2O2/c24-19-9-7-17(8-10-19)20-14-21(20)22(27)25-15-16-5-4-6-18(13-16)23(28)26-11-2-1-3-12-26/h4-10,13,20-21H,1-3,11-12,14-15H2,(H,25,27). The van der Waals surface area contributed by atoms with Crippen LogP contribution in [0.1, 0.15) is 53.1 Å². The van der Waals surface area contributed by atoms with Gasteiger partial charge in [0.2, 0.25) is 5.91 Å². The van der Waals surface area contributed by atoms with Crippen LogP contribution in [0.3, 0.4) is 0 Å². The van der Waals surface area contributed by atoms with Crippen LogP contribution in [0.4, 0.5) is 4.39 Å². The van der Waals surface area contributed by atoms with E-state index >= 15 is 0 Å². The summed E-state index contributed by atoms with van der Waals surface area (Å²) in [6.07, 6.45) is 4.12. The molecule has 2 atom stereocenters. The lowest BCUT2D eigenvalue weighted by Crippen LogP contribution is -2.35. The summed E-state index contributed by atoms with van der Waals surface area (Å²) in [5.74, 6) is -0.0471. The van der Waals surface area contributed by atoms with Gasteiger partial charge in [-0.05, 0) is 67.0 Å². The highest BCUT2D eigenvalue weighted by Gasteiger charge is 2.43. The Balaban J connectivity index is 1.32. The minimum Gasteiger partial charge on any atom is -0.352 e. The van der Waals surface area contributed by atoms with Gasteiger partial charge in [0.1, 0.15) is 5.82 Å². The highest BCUT2D eigenvalue weighted by atomic mass is 19.1. The van der Waals surface area contributed by atoms with Crippen molar-refractivity contribution in [3.05, 3.63) is 71.0 Å². The van der Waals surface area contributed by atoms with Crippen LogP contribution in [0.2, 0.25) is 0 Å². The van der Waals surface area contributed by atoms with E-state index < -0.39 is 0 Å². The van der Waals surface area contributed by atoms with E-state index in [1.54, 1.807) is 12.1 Å². The number of nitrogens with one attached hydrogen (secondary N) is 1. The maximum absolute atomic E-state index is 13.0. The predicted molar refractivity (Wildman–Crippen MR) is 105 cm³/mol. The average molecular weight is 380 g/mol. The fourth-order valence-electron chi connectivity index (χ4n) is 3.98. The van der Waals surface area contributed by atoms with Gasteiger partial charge in [-0.25, -0.2) is 4.39 Å². The van der Waals surface area contributed by atoms with Crippen LogP contribution < -0.4 is 5.32 Å². The quantitative estimate of drug-likeness (QED) is 0.856. The zero-order valence-corrected chi connectivity index (χ0v) is 15.9. The van der Waals surface area contributed by atoms with Gasteiger partial charge in [-0.3, -0.25) is 9.59 Å². The molecule has 1 aliphatic heterocycles. The van der Waals surface area contributed by atoms with E-state index in [2.05, 4.69) is 5.32 Å². The van der Waals surface area contributed by atoms with Crippen molar-refractivity contribution in [2.75, 3.05) is 13.1 Å². The molecule has 0 spiro atoms. The first-order valence-corrected chi connectivity index (χ1v) is 10.0. The van der Waals surface area contributed by atoms with Crippen LogP contribution in [0.25, 0.3) is 0 Å². The minimum absolute atomic E-state index is 0.0158. The summed E-state index contributed by atoms with van der Waals surface area (Å²) in [7, 11) is 0.